The molecule has 4 nitrogen and oxygen atoms in total. The molecule has 5 rings (SSSR count). The fraction of sp³-hybridized carbons (Fsp3) is 0.381. The van der Waals surface area contributed by atoms with Gasteiger partial charge < -0.3 is 9.64 Å². The van der Waals surface area contributed by atoms with Crippen LogP contribution in [0.15, 0.2) is 53.6 Å². The van der Waals surface area contributed by atoms with Gasteiger partial charge in [-0.15, -0.1) is 0 Å². The first kappa shape index (κ1) is 16.2. The lowest BCUT2D eigenvalue weighted by atomic mass is 9.91. The van der Waals surface area contributed by atoms with E-state index in [0.29, 0.717) is 0 Å². The number of likely N-dealkylation sites (tertiary alicyclic amines) is 1. The van der Waals surface area contributed by atoms with Crippen LogP contribution in [0.25, 0.3) is 0 Å². The van der Waals surface area contributed by atoms with Crippen LogP contribution < -0.4 is 9.64 Å². The van der Waals surface area contributed by atoms with E-state index in [1.807, 2.05) is 18.2 Å². The summed E-state index contributed by atoms with van der Waals surface area (Å²) in [4.78, 5) is 1.56. The smallest absolute Gasteiger partial charge is 0.208 e. The number of hydrogen-bond acceptors (Lipinski definition) is 3. The summed E-state index contributed by atoms with van der Waals surface area (Å²) in [5, 5.41) is 8.09. The molecule has 134 valence electrons. The van der Waals surface area contributed by atoms with E-state index in [0.717, 1.165) is 54.4 Å². The average Bonchev–Trinajstić information content (AvgIpc) is 3.11. The van der Waals surface area contributed by atoms with Crippen molar-refractivity contribution in [3.05, 3.63) is 64.7 Å². The molecule has 1 atom stereocenters. The normalized spacial score (nSPS) is 29.8. The number of para-hydroxylation sites is 1. The number of fused-ring (bicyclic) bond motifs is 4. The SMILES string of the molecule is C[NH+]1CCC2(CC1)Oc1ccccc1[C@H]1CC(c3ccccc3Cl)=NN12. The quantitative estimate of drug-likeness (QED) is 0.838. The summed E-state index contributed by atoms with van der Waals surface area (Å²) in [7, 11) is 2.25. The third kappa shape index (κ3) is 2.43. The monoisotopic (exact) mass is 368 g/mol. The molecular weight excluding hydrogens is 346 g/mol. The largest absolute Gasteiger partial charge is 0.466 e. The van der Waals surface area contributed by atoms with Crippen LogP contribution in [0.5, 0.6) is 5.75 Å². The van der Waals surface area contributed by atoms with Gasteiger partial charge in [0.05, 0.1) is 44.7 Å². The highest BCUT2D eigenvalue weighted by molar-refractivity contribution is 6.34. The van der Waals surface area contributed by atoms with E-state index >= 15 is 0 Å². The number of nitrogens with zero attached hydrogens (tertiary/aromatic N) is 2. The van der Waals surface area contributed by atoms with Crippen molar-refractivity contribution in [3.8, 4) is 5.75 Å². The van der Waals surface area contributed by atoms with Crippen LogP contribution in [0.4, 0.5) is 0 Å². The van der Waals surface area contributed by atoms with Crippen molar-refractivity contribution >= 4 is 17.3 Å². The molecule has 1 saturated heterocycles. The highest BCUT2D eigenvalue weighted by atomic mass is 35.5. The number of benzene rings is 2. The van der Waals surface area contributed by atoms with E-state index in [-0.39, 0.29) is 11.8 Å². The highest BCUT2D eigenvalue weighted by Gasteiger charge is 2.52. The molecule has 3 heterocycles. The Bertz CT molecular complexity index is 873. The van der Waals surface area contributed by atoms with Crippen LogP contribution in [0, 0.1) is 0 Å². The van der Waals surface area contributed by atoms with E-state index in [9.17, 15) is 0 Å². The first-order valence-corrected chi connectivity index (χ1v) is 9.75. The van der Waals surface area contributed by atoms with E-state index in [1.54, 1.807) is 4.90 Å². The molecule has 2 aromatic carbocycles. The Morgan fingerprint density at radius 2 is 1.85 bits per heavy atom. The first-order chi connectivity index (χ1) is 12.7. The van der Waals surface area contributed by atoms with Crippen LogP contribution in [0.1, 0.15) is 36.4 Å². The Balaban J connectivity index is 1.60. The predicted molar refractivity (Wildman–Crippen MR) is 103 cm³/mol. The van der Waals surface area contributed by atoms with Crippen molar-refractivity contribution in [2.45, 2.75) is 31.0 Å². The molecular formula is C21H23ClN3O+. The number of nitrogens with one attached hydrogen (secondary N) is 1. The minimum absolute atomic E-state index is 0.227. The zero-order valence-electron chi connectivity index (χ0n) is 14.9. The van der Waals surface area contributed by atoms with Gasteiger partial charge >= 0.3 is 0 Å². The van der Waals surface area contributed by atoms with Crippen molar-refractivity contribution in [1.82, 2.24) is 5.01 Å². The molecule has 1 fully saturated rings. The molecule has 2 aromatic rings. The lowest BCUT2D eigenvalue weighted by molar-refractivity contribution is -0.888. The van der Waals surface area contributed by atoms with Crippen LogP contribution in [0.3, 0.4) is 0 Å². The van der Waals surface area contributed by atoms with Gasteiger partial charge in [0.15, 0.2) is 0 Å². The van der Waals surface area contributed by atoms with Gasteiger partial charge in [0, 0.05) is 22.6 Å². The summed E-state index contributed by atoms with van der Waals surface area (Å²) in [6.45, 7) is 2.20. The zero-order valence-corrected chi connectivity index (χ0v) is 15.7. The van der Waals surface area contributed by atoms with E-state index in [4.69, 9.17) is 21.4 Å². The van der Waals surface area contributed by atoms with Crippen molar-refractivity contribution in [2.24, 2.45) is 5.10 Å². The Hall–Kier alpha value is -2.04. The Kier molecular flexibility index (Phi) is 3.73. The van der Waals surface area contributed by atoms with E-state index in [2.05, 4.69) is 42.4 Å². The molecule has 0 bridgehead atoms. The van der Waals surface area contributed by atoms with Gasteiger partial charge in [0.2, 0.25) is 5.72 Å². The average molecular weight is 369 g/mol. The van der Waals surface area contributed by atoms with Crippen LogP contribution in [0.2, 0.25) is 5.02 Å². The predicted octanol–water partition coefficient (Wildman–Crippen LogP) is 2.89. The molecule has 1 spiro atoms. The Labute approximate surface area is 159 Å². The summed E-state index contributed by atoms with van der Waals surface area (Å²) < 4.78 is 6.61. The lowest BCUT2D eigenvalue weighted by Gasteiger charge is -2.49. The molecule has 3 aliphatic heterocycles. The number of quaternary nitrogens is 1. The molecule has 3 aliphatic rings. The number of piperidine rings is 1. The van der Waals surface area contributed by atoms with Gasteiger partial charge in [0.25, 0.3) is 0 Å². The van der Waals surface area contributed by atoms with Crippen LogP contribution in [-0.4, -0.2) is 36.6 Å². The molecule has 0 amide bonds. The minimum atomic E-state index is -0.332. The van der Waals surface area contributed by atoms with E-state index in [1.165, 1.54) is 5.56 Å². The van der Waals surface area contributed by atoms with Gasteiger partial charge in [0.1, 0.15) is 5.75 Å². The fourth-order valence-electron chi connectivity index (χ4n) is 4.48. The first-order valence-electron chi connectivity index (χ1n) is 9.37. The highest BCUT2D eigenvalue weighted by Crippen LogP contribution is 2.49. The van der Waals surface area contributed by atoms with Gasteiger partial charge in [-0.1, -0.05) is 48.0 Å². The van der Waals surface area contributed by atoms with Crippen LogP contribution >= 0.6 is 11.6 Å². The van der Waals surface area contributed by atoms with Gasteiger partial charge in [-0.2, -0.15) is 5.10 Å². The molecule has 0 unspecified atom stereocenters. The summed E-state index contributed by atoms with van der Waals surface area (Å²) in [6, 6.07) is 16.7. The number of halogens is 1. The Morgan fingerprint density at radius 1 is 1.12 bits per heavy atom. The maximum absolute atomic E-state index is 6.61. The van der Waals surface area contributed by atoms with Gasteiger partial charge in [-0.3, -0.25) is 0 Å². The lowest BCUT2D eigenvalue weighted by Crippen LogP contribution is -3.11. The standard InChI is InChI=1S/C21H22ClN3O/c1-24-12-10-21(11-13-24)25-19(16-7-3-5-9-20(16)26-21)14-18(23-25)15-6-2-4-8-17(15)22/h2-9,19H,10-14H2,1H3/p+1/t19-/m1/s1. The Morgan fingerprint density at radius 3 is 2.65 bits per heavy atom. The van der Waals surface area contributed by atoms with Gasteiger partial charge in [-0.25, -0.2) is 5.01 Å². The summed E-state index contributed by atoms with van der Waals surface area (Å²) in [5.41, 5.74) is 3.00. The summed E-state index contributed by atoms with van der Waals surface area (Å²) in [6.07, 6.45) is 2.85. The van der Waals surface area contributed by atoms with Crippen molar-refractivity contribution in [3.63, 3.8) is 0 Å². The third-order valence-corrected chi connectivity index (χ3v) is 6.31. The minimum Gasteiger partial charge on any atom is -0.466 e. The van der Waals surface area contributed by atoms with Crippen molar-refractivity contribution in [1.29, 1.82) is 0 Å². The molecule has 0 saturated carbocycles. The van der Waals surface area contributed by atoms with Gasteiger partial charge in [-0.05, 0) is 12.1 Å². The number of hydrogen-bond donors (Lipinski definition) is 1. The number of hydrazone groups is 1. The topological polar surface area (TPSA) is 29.3 Å². The molecule has 26 heavy (non-hydrogen) atoms. The van der Waals surface area contributed by atoms with Crippen LogP contribution in [-0.2, 0) is 0 Å². The second-order valence-electron chi connectivity index (χ2n) is 7.63. The maximum Gasteiger partial charge on any atom is 0.208 e. The fourth-order valence-corrected chi connectivity index (χ4v) is 4.73. The molecule has 0 aliphatic carbocycles. The third-order valence-electron chi connectivity index (χ3n) is 5.98. The summed E-state index contributed by atoms with van der Waals surface area (Å²) >= 11 is 6.46. The molecule has 5 heteroatoms. The van der Waals surface area contributed by atoms with Crippen molar-refractivity contribution < 1.29 is 9.64 Å². The second-order valence-corrected chi connectivity index (χ2v) is 8.04. The van der Waals surface area contributed by atoms with E-state index < -0.39 is 0 Å². The number of rotatable bonds is 1. The maximum atomic E-state index is 6.61. The second kappa shape index (κ2) is 6.00. The van der Waals surface area contributed by atoms with Crippen molar-refractivity contribution in [2.75, 3.05) is 20.1 Å². The molecule has 0 aromatic heterocycles. The molecule has 0 radical (unpaired) electrons. The summed E-state index contributed by atoms with van der Waals surface area (Å²) in [5.74, 6) is 1.02. The molecule has 1 N–H and O–H groups in total. The number of ether oxygens (including phenoxy) is 1. The zero-order chi connectivity index (χ0) is 17.7.